The fourth-order valence-corrected chi connectivity index (χ4v) is 1.84. The smallest absolute Gasteiger partial charge is 0.250 e. The number of aromatic nitrogens is 2. The van der Waals surface area contributed by atoms with Crippen LogP contribution in [0.2, 0.25) is 0 Å². The molecule has 4 nitrogen and oxygen atoms in total. The minimum Gasteiger partial charge on any atom is -0.366 e. The highest BCUT2D eigenvalue weighted by Crippen LogP contribution is 2.22. The summed E-state index contributed by atoms with van der Waals surface area (Å²) >= 11 is 0. The monoisotopic (exact) mass is 229 g/mol. The lowest BCUT2D eigenvalue weighted by molar-refractivity contribution is 0.100. The topological polar surface area (TPSA) is 60.9 Å². The standard InChI is InChI=1S/C13H15N3O/c1-2-7-16-9-11(13(14)17)8-12(16)10-3-5-15-6-4-10/h3-6,8-9H,2,7H2,1H3,(H2,14,17). The van der Waals surface area contributed by atoms with Gasteiger partial charge in [0.2, 0.25) is 5.91 Å². The highest BCUT2D eigenvalue weighted by Gasteiger charge is 2.10. The Kier molecular flexibility index (Phi) is 3.23. The molecule has 0 fully saturated rings. The second-order valence-corrected chi connectivity index (χ2v) is 3.91. The summed E-state index contributed by atoms with van der Waals surface area (Å²) in [5, 5.41) is 0. The Hall–Kier alpha value is -2.10. The van der Waals surface area contributed by atoms with Crippen molar-refractivity contribution in [1.82, 2.24) is 9.55 Å². The van der Waals surface area contributed by atoms with Crippen LogP contribution in [-0.2, 0) is 6.54 Å². The van der Waals surface area contributed by atoms with Crippen LogP contribution in [0, 0.1) is 0 Å². The molecule has 2 heterocycles. The molecule has 0 aliphatic carbocycles. The number of amides is 1. The number of aryl methyl sites for hydroxylation is 1. The Morgan fingerprint density at radius 1 is 1.41 bits per heavy atom. The van der Waals surface area contributed by atoms with E-state index in [1.165, 1.54) is 0 Å². The zero-order valence-corrected chi connectivity index (χ0v) is 9.76. The Balaban J connectivity index is 2.48. The van der Waals surface area contributed by atoms with Crippen molar-refractivity contribution in [3.8, 4) is 11.3 Å². The van der Waals surface area contributed by atoms with E-state index < -0.39 is 5.91 Å². The maximum absolute atomic E-state index is 11.2. The van der Waals surface area contributed by atoms with E-state index in [4.69, 9.17) is 5.73 Å². The van der Waals surface area contributed by atoms with Crippen molar-refractivity contribution in [3.05, 3.63) is 42.4 Å². The molecular formula is C13H15N3O. The van der Waals surface area contributed by atoms with Crippen molar-refractivity contribution >= 4 is 5.91 Å². The number of primary amides is 1. The molecule has 2 N–H and O–H groups in total. The molecule has 0 unspecified atom stereocenters. The van der Waals surface area contributed by atoms with Gasteiger partial charge < -0.3 is 10.3 Å². The summed E-state index contributed by atoms with van der Waals surface area (Å²) < 4.78 is 2.05. The Morgan fingerprint density at radius 3 is 2.71 bits per heavy atom. The van der Waals surface area contributed by atoms with Gasteiger partial charge in [0.1, 0.15) is 0 Å². The first kappa shape index (κ1) is 11.4. The summed E-state index contributed by atoms with van der Waals surface area (Å²) in [4.78, 5) is 15.2. The molecule has 88 valence electrons. The third-order valence-corrected chi connectivity index (χ3v) is 2.62. The quantitative estimate of drug-likeness (QED) is 0.872. The molecule has 0 saturated carbocycles. The molecule has 2 aromatic heterocycles. The lowest BCUT2D eigenvalue weighted by Gasteiger charge is -2.06. The van der Waals surface area contributed by atoms with Gasteiger partial charge >= 0.3 is 0 Å². The van der Waals surface area contributed by atoms with E-state index in [2.05, 4.69) is 16.5 Å². The number of hydrogen-bond donors (Lipinski definition) is 1. The van der Waals surface area contributed by atoms with Crippen molar-refractivity contribution in [2.75, 3.05) is 0 Å². The highest BCUT2D eigenvalue weighted by atomic mass is 16.1. The molecule has 2 rings (SSSR count). The van der Waals surface area contributed by atoms with E-state index in [-0.39, 0.29) is 0 Å². The van der Waals surface area contributed by atoms with Gasteiger partial charge in [0.25, 0.3) is 0 Å². The number of nitrogens with two attached hydrogens (primary N) is 1. The molecule has 0 bridgehead atoms. The van der Waals surface area contributed by atoms with Crippen LogP contribution in [0.4, 0.5) is 0 Å². The number of rotatable bonds is 4. The molecule has 0 radical (unpaired) electrons. The van der Waals surface area contributed by atoms with Gasteiger partial charge in [-0.3, -0.25) is 9.78 Å². The molecule has 0 saturated heterocycles. The maximum Gasteiger partial charge on any atom is 0.250 e. The molecule has 0 aromatic carbocycles. The van der Waals surface area contributed by atoms with E-state index in [1.807, 2.05) is 24.4 Å². The minimum absolute atomic E-state index is 0.393. The molecule has 4 heteroatoms. The average Bonchev–Trinajstić information content (AvgIpc) is 2.75. The fourth-order valence-electron chi connectivity index (χ4n) is 1.84. The number of pyridine rings is 1. The van der Waals surface area contributed by atoms with Crippen LogP contribution < -0.4 is 5.73 Å². The van der Waals surface area contributed by atoms with Crippen molar-refractivity contribution in [2.24, 2.45) is 5.73 Å². The third kappa shape index (κ3) is 2.36. The number of nitrogens with zero attached hydrogens (tertiary/aromatic N) is 2. The van der Waals surface area contributed by atoms with E-state index in [0.717, 1.165) is 24.2 Å². The lowest BCUT2D eigenvalue weighted by Crippen LogP contribution is -2.09. The summed E-state index contributed by atoms with van der Waals surface area (Å²) in [5.74, 6) is -0.393. The van der Waals surface area contributed by atoms with Crippen LogP contribution in [0.25, 0.3) is 11.3 Å². The lowest BCUT2D eigenvalue weighted by atomic mass is 10.2. The summed E-state index contributed by atoms with van der Waals surface area (Å²) in [5.41, 5.74) is 7.90. The van der Waals surface area contributed by atoms with Gasteiger partial charge in [-0.1, -0.05) is 6.92 Å². The zero-order valence-electron chi connectivity index (χ0n) is 9.76. The zero-order chi connectivity index (χ0) is 12.3. The van der Waals surface area contributed by atoms with Crippen LogP contribution in [-0.4, -0.2) is 15.5 Å². The van der Waals surface area contributed by atoms with Gasteiger partial charge in [-0.15, -0.1) is 0 Å². The van der Waals surface area contributed by atoms with Crippen LogP contribution in [0.3, 0.4) is 0 Å². The van der Waals surface area contributed by atoms with Gasteiger partial charge in [0.05, 0.1) is 5.56 Å². The predicted molar refractivity (Wildman–Crippen MR) is 66.5 cm³/mol. The van der Waals surface area contributed by atoms with Gasteiger partial charge in [-0.25, -0.2) is 0 Å². The van der Waals surface area contributed by atoms with Gasteiger partial charge in [0.15, 0.2) is 0 Å². The van der Waals surface area contributed by atoms with Gasteiger partial charge in [0, 0.05) is 36.4 Å². The average molecular weight is 229 g/mol. The number of carbonyl (C=O) groups excluding carboxylic acids is 1. The Morgan fingerprint density at radius 2 is 2.12 bits per heavy atom. The second-order valence-electron chi connectivity index (χ2n) is 3.91. The molecule has 0 atom stereocenters. The summed E-state index contributed by atoms with van der Waals surface area (Å²) in [6, 6.07) is 5.67. The first-order valence-corrected chi connectivity index (χ1v) is 5.62. The summed E-state index contributed by atoms with van der Waals surface area (Å²) in [6.07, 6.45) is 6.29. The van der Waals surface area contributed by atoms with E-state index in [9.17, 15) is 4.79 Å². The Labute approximate surface area is 100 Å². The SMILES string of the molecule is CCCn1cc(C(N)=O)cc1-c1ccncc1. The van der Waals surface area contributed by atoms with Crippen molar-refractivity contribution in [3.63, 3.8) is 0 Å². The van der Waals surface area contributed by atoms with Crippen LogP contribution in [0.15, 0.2) is 36.8 Å². The molecule has 0 aliphatic heterocycles. The fraction of sp³-hybridized carbons (Fsp3) is 0.231. The largest absolute Gasteiger partial charge is 0.366 e. The predicted octanol–water partition coefficient (Wildman–Crippen LogP) is 2.06. The summed E-state index contributed by atoms with van der Waals surface area (Å²) in [7, 11) is 0. The van der Waals surface area contributed by atoms with E-state index in [1.54, 1.807) is 12.4 Å². The van der Waals surface area contributed by atoms with Crippen molar-refractivity contribution in [1.29, 1.82) is 0 Å². The highest BCUT2D eigenvalue weighted by molar-refractivity contribution is 5.94. The number of hydrogen-bond acceptors (Lipinski definition) is 2. The van der Waals surface area contributed by atoms with Crippen LogP contribution in [0.5, 0.6) is 0 Å². The van der Waals surface area contributed by atoms with E-state index >= 15 is 0 Å². The number of carbonyl (C=O) groups is 1. The Bertz CT molecular complexity index is 517. The normalized spacial score (nSPS) is 10.4. The van der Waals surface area contributed by atoms with E-state index in [0.29, 0.717) is 5.56 Å². The van der Waals surface area contributed by atoms with Gasteiger partial charge in [-0.05, 0) is 24.6 Å². The summed E-state index contributed by atoms with van der Waals surface area (Å²) in [6.45, 7) is 2.96. The molecule has 2 aromatic rings. The molecule has 17 heavy (non-hydrogen) atoms. The van der Waals surface area contributed by atoms with Crippen LogP contribution >= 0.6 is 0 Å². The first-order chi connectivity index (χ1) is 8.22. The maximum atomic E-state index is 11.2. The second kappa shape index (κ2) is 4.82. The van der Waals surface area contributed by atoms with Crippen molar-refractivity contribution < 1.29 is 4.79 Å². The third-order valence-electron chi connectivity index (χ3n) is 2.62. The molecule has 0 spiro atoms. The first-order valence-electron chi connectivity index (χ1n) is 5.62. The van der Waals surface area contributed by atoms with Gasteiger partial charge in [-0.2, -0.15) is 0 Å². The molecular weight excluding hydrogens is 214 g/mol. The molecule has 1 amide bonds. The van der Waals surface area contributed by atoms with Crippen molar-refractivity contribution in [2.45, 2.75) is 19.9 Å². The molecule has 0 aliphatic rings. The minimum atomic E-state index is -0.393. The van der Waals surface area contributed by atoms with Crippen LogP contribution in [0.1, 0.15) is 23.7 Å².